The second-order valence-electron chi connectivity index (χ2n) is 9.23. The lowest BCUT2D eigenvalue weighted by molar-refractivity contribution is -0.115. The van der Waals surface area contributed by atoms with Crippen LogP contribution in [-0.2, 0) is 9.53 Å². The number of benzene rings is 1. The number of piperidine rings is 1. The monoisotopic (exact) mass is 458 g/mol. The quantitative estimate of drug-likeness (QED) is 0.589. The average molecular weight is 459 g/mol. The largest absolute Gasteiger partial charge is 0.444 e. The van der Waals surface area contributed by atoms with Crippen molar-refractivity contribution in [3.05, 3.63) is 29.6 Å². The van der Waals surface area contributed by atoms with E-state index in [2.05, 4.69) is 45.6 Å². The van der Waals surface area contributed by atoms with Crippen LogP contribution in [0.25, 0.3) is 11.3 Å². The molecule has 1 aromatic carbocycles. The number of nitrogens with zero attached hydrogens (tertiary/aromatic N) is 2. The highest BCUT2D eigenvalue weighted by Gasteiger charge is 2.20. The molecule has 1 aliphatic rings. The molecule has 2 heterocycles. The minimum Gasteiger partial charge on any atom is -0.444 e. The summed E-state index contributed by atoms with van der Waals surface area (Å²) >= 11 is 1.36. The Morgan fingerprint density at radius 1 is 1.31 bits per heavy atom. The Balaban J connectivity index is 1.58. The number of carbonyl (C=O) groups is 2. The van der Waals surface area contributed by atoms with E-state index in [9.17, 15) is 9.59 Å². The van der Waals surface area contributed by atoms with Gasteiger partial charge in [0.2, 0.25) is 5.91 Å². The maximum atomic E-state index is 12.2. The summed E-state index contributed by atoms with van der Waals surface area (Å²) in [5, 5.41) is 7.63. The van der Waals surface area contributed by atoms with Crippen molar-refractivity contribution in [2.75, 3.05) is 29.9 Å². The molecule has 2 N–H and O–H groups in total. The molecular weight excluding hydrogens is 424 g/mol. The Morgan fingerprint density at radius 2 is 2.12 bits per heavy atom. The maximum absolute atomic E-state index is 12.2. The smallest absolute Gasteiger partial charge is 0.408 e. The standard InChI is InChI=1S/C24H34N4O3S/c1-5-8-17-9-7-12-28(15-17)19-11-6-10-18(13-19)20-16-32-22(26-20)27-21(29)14-25-23(30)31-24(2,3)4/h6,10-11,13,16-17H,5,7-9,12,14-15H2,1-4H3,(H,25,30)(H,26,27,29). The van der Waals surface area contributed by atoms with Gasteiger partial charge in [-0.3, -0.25) is 4.79 Å². The Kier molecular flexibility index (Phi) is 8.12. The lowest BCUT2D eigenvalue weighted by atomic mass is 9.93. The molecule has 1 atom stereocenters. The van der Waals surface area contributed by atoms with Crippen LogP contribution >= 0.6 is 11.3 Å². The zero-order chi connectivity index (χ0) is 23.1. The van der Waals surface area contributed by atoms with E-state index >= 15 is 0 Å². The fourth-order valence-electron chi connectivity index (χ4n) is 3.90. The molecule has 32 heavy (non-hydrogen) atoms. The number of thiazole rings is 1. The van der Waals surface area contributed by atoms with E-state index in [1.54, 1.807) is 20.8 Å². The predicted molar refractivity (Wildman–Crippen MR) is 130 cm³/mol. The van der Waals surface area contributed by atoms with E-state index in [0.717, 1.165) is 30.3 Å². The molecule has 0 spiro atoms. The summed E-state index contributed by atoms with van der Waals surface area (Å²) in [6.07, 6.45) is 4.46. The van der Waals surface area contributed by atoms with Crippen LogP contribution in [0, 0.1) is 5.92 Å². The topological polar surface area (TPSA) is 83.6 Å². The van der Waals surface area contributed by atoms with Gasteiger partial charge in [0, 0.05) is 29.7 Å². The Labute approximate surface area is 194 Å². The Hall–Kier alpha value is -2.61. The number of carbonyl (C=O) groups excluding carboxylic acids is 2. The maximum Gasteiger partial charge on any atom is 0.408 e. The highest BCUT2D eigenvalue weighted by molar-refractivity contribution is 7.14. The number of aromatic nitrogens is 1. The summed E-state index contributed by atoms with van der Waals surface area (Å²) in [7, 11) is 0. The Morgan fingerprint density at radius 3 is 2.88 bits per heavy atom. The number of hydrogen-bond donors (Lipinski definition) is 2. The van der Waals surface area contributed by atoms with Crippen molar-refractivity contribution < 1.29 is 14.3 Å². The van der Waals surface area contributed by atoms with Crippen molar-refractivity contribution in [2.24, 2.45) is 5.92 Å². The van der Waals surface area contributed by atoms with E-state index in [1.807, 2.05) is 11.4 Å². The molecule has 3 rings (SSSR count). The SMILES string of the molecule is CCCC1CCCN(c2cccc(-c3csc(NC(=O)CNC(=O)OC(C)(C)C)n3)c2)C1. The lowest BCUT2D eigenvalue weighted by Crippen LogP contribution is -2.37. The number of hydrogen-bond acceptors (Lipinski definition) is 6. The summed E-state index contributed by atoms with van der Waals surface area (Å²) in [5.74, 6) is 0.425. The van der Waals surface area contributed by atoms with Crippen molar-refractivity contribution in [3.8, 4) is 11.3 Å². The van der Waals surface area contributed by atoms with Gasteiger partial charge in [-0.05, 0) is 58.1 Å². The third kappa shape index (κ3) is 7.22. The van der Waals surface area contributed by atoms with Crippen LogP contribution in [-0.4, -0.2) is 42.2 Å². The van der Waals surface area contributed by atoms with Crippen molar-refractivity contribution in [2.45, 2.75) is 59.0 Å². The van der Waals surface area contributed by atoms with Gasteiger partial charge >= 0.3 is 6.09 Å². The first kappa shape index (κ1) is 24.0. The summed E-state index contributed by atoms with van der Waals surface area (Å²) in [6.45, 7) is 9.60. The van der Waals surface area contributed by atoms with Gasteiger partial charge in [-0.15, -0.1) is 11.3 Å². The average Bonchev–Trinajstić information content (AvgIpc) is 3.20. The summed E-state index contributed by atoms with van der Waals surface area (Å²) in [5.41, 5.74) is 2.48. The zero-order valence-corrected chi connectivity index (χ0v) is 20.3. The lowest BCUT2D eigenvalue weighted by Gasteiger charge is -2.34. The highest BCUT2D eigenvalue weighted by atomic mass is 32.1. The summed E-state index contributed by atoms with van der Waals surface area (Å²) in [6, 6.07) is 8.45. The van der Waals surface area contributed by atoms with Crippen molar-refractivity contribution in [1.29, 1.82) is 0 Å². The molecule has 2 aromatic rings. The molecule has 0 bridgehead atoms. The van der Waals surface area contributed by atoms with Crippen LogP contribution in [0.2, 0.25) is 0 Å². The highest BCUT2D eigenvalue weighted by Crippen LogP contribution is 2.30. The first-order valence-corrected chi connectivity index (χ1v) is 12.2. The van der Waals surface area contributed by atoms with Gasteiger partial charge in [0.25, 0.3) is 0 Å². The molecule has 0 radical (unpaired) electrons. The minimum absolute atomic E-state index is 0.173. The first-order chi connectivity index (χ1) is 15.2. The van der Waals surface area contributed by atoms with Crippen LogP contribution in [0.1, 0.15) is 53.4 Å². The van der Waals surface area contributed by atoms with Crippen LogP contribution < -0.4 is 15.5 Å². The predicted octanol–water partition coefficient (Wildman–Crippen LogP) is 5.29. The van der Waals surface area contributed by atoms with Crippen LogP contribution in [0.4, 0.5) is 15.6 Å². The van der Waals surface area contributed by atoms with Gasteiger partial charge in [-0.25, -0.2) is 9.78 Å². The van der Waals surface area contributed by atoms with Crippen molar-refractivity contribution in [3.63, 3.8) is 0 Å². The van der Waals surface area contributed by atoms with E-state index in [0.29, 0.717) is 5.13 Å². The molecular formula is C24H34N4O3S. The van der Waals surface area contributed by atoms with Gasteiger partial charge in [0.05, 0.1) is 5.69 Å². The molecule has 1 aromatic heterocycles. The number of anilines is 2. The number of nitrogens with one attached hydrogen (secondary N) is 2. The fourth-order valence-corrected chi connectivity index (χ4v) is 4.64. The number of amides is 2. The third-order valence-electron chi connectivity index (χ3n) is 5.27. The van der Waals surface area contributed by atoms with Crippen LogP contribution in [0.15, 0.2) is 29.6 Å². The molecule has 1 unspecified atom stereocenters. The fraction of sp³-hybridized carbons (Fsp3) is 0.542. The zero-order valence-electron chi connectivity index (χ0n) is 19.4. The second-order valence-corrected chi connectivity index (χ2v) is 10.1. The molecule has 0 aliphatic carbocycles. The molecule has 174 valence electrons. The summed E-state index contributed by atoms with van der Waals surface area (Å²) < 4.78 is 5.13. The van der Waals surface area contributed by atoms with E-state index in [1.165, 1.54) is 42.7 Å². The third-order valence-corrected chi connectivity index (χ3v) is 6.02. The molecule has 1 fully saturated rings. The number of rotatable bonds is 7. The van der Waals surface area contributed by atoms with Gasteiger partial charge < -0.3 is 20.3 Å². The van der Waals surface area contributed by atoms with Crippen molar-refractivity contribution >= 4 is 34.2 Å². The van der Waals surface area contributed by atoms with Crippen LogP contribution in [0.3, 0.4) is 0 Å². The number of ether oxygens (including phenoxy) is 1. The first-order valence-electron chi connectivity index (χ1n) is 11.3. The molecule has 8 heteroatoms. The molecule has 0 saturated carbocycles. The summed E-state index contributed by atoms with van der Waals surface area (Å²) in [4.78, 5) is 30.9. The molecule has 2 amide bonds. The molecule has 1 saturated heterocycles. The second kappa shape index (κ2) is 10.8. The molecule has 1 aliphatic heterocycles. The normalized spacial score (nSPS) is 16.5. The van der Waals surface area contributed by atoms with E-state index in [-0.39, 0.29) is 12.5 Å². The van der Waals surface area contributed by atoms with Gasteiger partial charge in [-0.1, -0.05) is 25.5 Å². The van der Waals surface area contributed by atoms with Gasteiger partial charge in [0.1, 0.15) is 12.1 Å². The number of alkyl carbamates (subject to hydrolysis) is 1. The molecule has 7 nitrogen and oxygen atoms in total. The van der Waals surface area contributed by atoms with E-state index < -0.39 is 11.7 Å². The van der Waals surface area contributed by atoms with Crippen molar-refractivity contribution in [1.82, 2.24) is 10.3 Å². The van der Waals surface area contributed by atoms with Gasteiger partial charge in [0.15, 0.2) is 5.13 Å². The minimum atomic E-state index is -0.622. The Bertz CT molecular complexity index is 920. The van der Waals surface area contributed by atoms with Gasteiger partial charge in [-0.2, -0.15) is 0 Å². The van der Waals surface area contributed by atoms with Crippen LogP contribution in [0.5, 0.6) is 0 Å². The van der Waals surface area contributed by atoms with E-state index in [4.69, 9.17) is 4.74 Å².